The van der Waals surface area contributed by atoms with E-state index < -0.39 is 5.82 Å². The molecule has 2 aromatic carbocycles. The Balaban J connectivity index is 2.33. The SMILES string of the molecule is Fc1cc(Oc2cc(Br)ccc2CCl)ccc1Cl. The second-order valence-electron chi connectivity index (χ2n) is 3.56. The zero-order chi connectivity index (χ0) is 13.1. The third-order valence-electron chi connectivity index (χ3n) is 2.29. The van der Waals surface area contributed by atoms with Gasteiger partial charge in [0, 0.05) is 16.1 Å². The Hall–Kier alpha value is -0.770. The summed E-state index contributed by atoms with van der Waals surface area (Å²) in [7, 11) is 0. The Morgan fingerprint density at radius 1 is 1.17 bits per heavy atom. The second-order valence-corrected chi connectivity index (χ2v) is 5.15. The van der Waals surface area contributed by atoms with Crippen LogP contribution in [0.25, 0.3) is 0 Å². The van der Waals surface area contributed by atoms with Crippen molar-refractivity contribution in [2.75, 3.05) is 0 Å². The summed E-state index contributed by atoms with van der Waals surface area (Å²) in [6, 6.07) is 9.78. The minimum Gasteiger partial charge on any atom is -0.457 e. The van der Waals surface area contributed by atoms with Gasteiger partial charge >= 0.3 is 0 Å². The van der Waals surface area contributed by atoms with Gasteiger partial charge in [-0.25, -0.2) is 4.39 Å². The quantitative estimate of drug-likeness (QED) is 0.639. The van der Waals surface area contributed by atoms with Crippen LogP contribution in [0.2, 0.25) is 5.02 Å². The van der Waals surface area contributed by atoms with Gasteiger partial charge < -0.3 is 4.74 Å². The van der Waals surface area contributed by atoms with E-state index in [4.69, 9.17) is 27.9 Å². The minimum absolute atomic E-state index is 0.0640. The molecule has 0 amide bonds. The molecule has 5 heteroatoms. The topological polar surface area (TPSA) is 9.23 Å². The molecule has 0 N–H and O–H groups in total. The van der Waals surface area contributed by atoms with Gasteiger partial charge in [-0.1, -0.05) is 33.6 Å². The fourth-order valence-corrected chi connectivity index (χ4v) is 2.08. The standard InChI is InChI=1S/C13H8BrCl2FO/c14-9-2-1-8(7-15)13(5-9)18-10-3-4-11(16)12(17)6-10/h1-6H,7H2. The van der Waals surface area contributed by atoms with Gasteiger partial charge in [-0.3, -0.25) is 0 Å². The highest BCUT2D eigenvalue weighted by Crippen LogP contribution is 2.31. The molecule has 0 saturated heterocycles. The summed E-state index contributed by atoms with van der Waals surface area (Å²) in [5, 5.41) is 0.0640. The molecule has 0 aliphatic carbocycles. The van der Waals surface area contributed by atoms with E-state index in [0.29, 0.717) is 17.4 Å². The maximum absolute atomic E-state index is 13.3. The van der Waals surface area contributed by atoms with Crippen molar-refractivity contribution in [2.24, 2.45) is 0 Å². The van der Waals surface area contributed by atoms with Crippen molar-refractivity contribution in [3.05, 3.63) is 57.3 Å². The highest BCUT2D eigenvalue weighted by atomic mass is 79.9. The summed E-state index contributed by atoms with van der Waals surface area (Å²) in [6.45, 7) is 0. The van der Waals surface area contributed by atoms with Crippen LogP contribution in [-0.2, 0) is 5.88 Å². The summed E-state index contributed by atoms with van der Waals surface area (Å²) in [5.41, 5.74) is 0.829. The van der Waals surface area contributed by atoms with Crippen LogP contribution in [0.15, 0.2) is 40.9 Å². The van der Waals surface area contributed by atoms with E-state index in [1.54, 1.807) is 12.1 Å². The first-order valence-electron chi connectivity index (χ1n) is 5.07. The van der Waals surface area contributed by atoms with Crippen molar-refractivity contribution in [1.82, 2.24) is 0 Å². The van der Waals surface area contributed by atoms with Crippen LogP contribution in [0, 0.1) is 5.82 Å². The molecular weight excluding hydrogens is 342 g/mol. The summed E-state index contributed by atoms with van der Waals surface area (Å²) >= 11 is 14.8. The van der Waals surface area contributed by atoms with Gasteiger partial charge in [0.1, 0.15) is 17.3 Å². The average Bonchev–Trinajstić information content (AvgIpc) is 2.34. The maximum Gasteiger partial charge on any atom is 0.145 e. The first-order chi connectivity index (χ1) is 8.60. The Kier molecular flexibility index (Phi) is 4.49. The van der Waals surface area contributed by atoms with Crippen molar-refractivity contribution in [3.8, 4) is 11.5 Å². The van der Waals surface area contributed by atoms with Crippen LogP contribution in [0.4, 0.5) is 4.39 Å². The molecule has 2 aromatic rings. The zero-order valence-electron chi connectivity index (χ0n) is 9.09. The predicted octanol–water partition coefficient (Wildman–Crippen LogP) is 5.77. The van der Waals surface area contributed by atoms with Gasteiger partial charge in [0.15, 0.2) is 0 Å². The summed E-state index contributed by atoms with van der Waals surface area (Å²) < 4.78 is 19.8. The molecule has 0 aliphatic rings. The number of alkyl halides is 1. The number of rotatable bonds is 3. The van der Waals surface area contributed by atoms with Gasteiger partial charge in [0.2, 0.25) is 0 Å². The molecule has 1 nitrogen and oxygen atoms in total. The Morgan fingerprint density at radius 3 is 2.61 bits per heavy atom. The molecule has 0 heterocycles. The Morgan fingerprint density at radius 2 is 1.94 bits per heavy atom. The fraction of sp³-hybridized carbons (Fsp3) is 0.0769. The lowest BCUT2D eigenvalue weighted by molar-refractivity contribution is 0.472. The van der Waals surface area contributed by atoms with Gasteiger partial charge in [-0.2, -0.15) is 0 Å². The second kappa shape index (κ2) is 5.91. The third-order valence-corrected chi connectivity index (χ3v) is 3.38. The molecule has 18 heavy (non-hydrogen) atoms. The molecule has 0 radical (unpaired) electrons. The van der Waals surface area contributed by atoms with Gasteiger partial charge in [0.25, 0.3) is 0 Å². The van der Waals surface area contributed by atoms with E-state index in [2.05, 4.69) is 15.9 Å². The summed E-state index contributed by atoms with van der Waals surface area (Å²) in [5.74, 6) is 0.762. The first kappa shape index (κ1) is 13.7. The molecule has 0 spiro atoms. The van der Waals surface area contributed by atoms with Crippen LogP contribution >= 0.6 is 39.1 Å². The Bertz CT molecular complexity index is 575. The lowest BCUT2D eigenvalue weighted by atomic mass is 10.2. The van der Waals surface area contributed by atoms with E-state index in [9.17, 15) is 4.39 Å². The van der Waals surface area contributed by atoms with Crippen LogP contribution < -0.4 is 4.74 Å². The molecule has 0 saturated carbocycles. The lowest BCUT2D eigenvalue weighted by Gasteiger charge is -2.10. The first-order valence-corrected chi connectivity index (χ1v) is 6.78. The van der Waals surface area contributed by atoms with Gasteiger partial charge in [-0.05, 0) is 24.3 Å². The molecule has 0 atom stereocenters. The minimum atomic E-state index is -0.517. The van der Waals surface area contributed by atoms with Crippen molar-refractivity contribution in [1.29, 1.82) is 0 Å². The number of ether oxygens (including phenoxy) is 1. The highest BCUT2D eigenvalue weighted by Gasteiger charge is 2.07. The number of benzene rings is 2. The van der Waals surface area contributed by atoms with Crippen LogP contribution in [0.3, 0.4) is 0 Å². The molecule has 0 aliphatic heterocycles. The summed E-state index contributed by atoms with van der Waals surface area (Å²) in [4.78, 5) is 0. The Labute approximate surface area is 123 Å². The van der Waals surface area contributed by atoms with Crippen LogP contribution in [-0.4, -0.2) is 0 Å². The van der Waals surface area contributed by atoms with E-state index in [-0.39, 0.29) is 5.02 Å². The number of halogens is 4. The number of hydrogen-bond acceptors (Lipinski definition) is 1. The maximum atomic E-state index is 13.3. The molecule has 0 fully saturated rings. The van der Waals surface area contributed by atoms with E-state index >= 15 is 0 Å². The van der Waals surface area contributed by atoms with Gasteiger partial charge in [-0.15, -0.1) is 11.6 Å². The van der Waals surface area contributed by atoms with E-state index in [1.165, 1.54) is 12.1 Å². The highest BCUT2D eigenvalue weighted by molar-refractivity contribution is 9.10. The van der Waals surface area contributed by atoms with Crippen LogP contribution in [0.1, 0.15) is 5.56 Å². The largest absolute Gasteiger partial charge is 0.457 e. The van der Waals surface area contributed by atoms with E-state index in [0.717, 1.165) is 10.0 Å². The van der Waals surface area contributed by atoms with E-state index in [1.807, 2.05) is 12.1 Å². The van der Waals surface area contributed by atoms with Crippen molar-refractivity contribution < 1.29 is 9.13 Å². The lowest BCUT2D eigenvalue weighted by Crippen LogP contribution is -1.90. The normalized spacial score (nSPS) is 10.4. The van der Waals surface area contributed by atoms with Crippen molar-refractivity contribution >= 4 is 39.1 Å². The third kappa shape index (κ3) is 3.16. The predicted molar refractivity (Wildman–Crippen MR) is 75.2 cm³/mol. The van der Waals surface area contributed by atoms with Crippen molar-refractivity contribution in [2.45, 2.75) is 5.88 Å². The molecule has 0 aromatic heterocycles. The molecule has 0 unspecified atom stereocenters. The molecule has 0 bridgehead atoms. The van der Waals surface area contributed by atoms with Crippen molar-refractivity contribution in [3.63, 3.8) is 0 Å². The number of hydrogen-bond donors (Lipinski definition) is 0. The van der Waals surface area contributed by atoms with Gasteiger partial charge in [0.05, 0.1) is 10.9 Å². The molecular formula is C13H8BrCl2FO. The average molecular weight is 350 g/mol. The monoisotopic (exact) mass is 348 g/mol. The molecule has 2 rings (SSSR count). The fourth-order valence-electron chi connectivity index (χ4n) is 1.40. The summed E-state index contributed by atoms with van der Waals surface area (Å²) in [6.07, 6.45) is 0. The smallest absolute Gasteiger partial charge is 0.145 e. The zero-order valence-corrected chi connectivity index (χ0v) is 12.2. The molecule has 94 valence electrons. The van der Waals surface area contributed by atoms with Crippen LogP contribution in [0.5, 0.6) is 11.5 Å².